The van der Waals surface area contributed by atoms with E-state index in [1.54, 1.807) is 12.1 Å². The fourth-order valence-electron chi connectivity index (χ4n) is 2.27. The van der Waals surface area contributed by atoms with E-state index in [0.717, 1.165) is 17.2 Å². The SMILES string of the molecule is COC(=O)Oc1cccc2c(=O)n(Cc3ccccc3)c(=O)oc12. The van der Waals surface area contributed by atoms with Gasteiger partial charge in [-0.25, -0.2) is 14.2 Å². The summed E-state index contributed by atoms with van der Waals surface area (Å²) in [6.45, 7) is 0.0834. The summed E-state index contributed by atoms with van der Waals surface area (Å²) in [5, 5.41) is 0.131. The smallest absolute Gasteiger partial charge is 0.437 e. The summed E-state index contributed by atoms with van der Waals surface area (Å²) in [4.78, 5) is 36.0. The zero-order chi connectivity index (χ0) is 17.1. The molecule has 7 heteroatoms. The maximum absolute atomic E-state index is 12.6. The molecule has 0 spiro atoms. The Balaban J connectivity index is 2.13. The van der Waals surface area contributed by atoms with Crippen LogP contribution in [0.3, 0.4) is 0 Å². The minimum atomic E-state index is -0.974. The van der Waals surface area contributed by atoms with Crippen LogP contribution in [0.1, 0.15) is 5.56 Å². The summed E-state index contributed by atoms with van der Waals surface area (Å²) in [6.07, 6.45) is -0.974. The van der Waals surface area contributed by atoms with Crippen molar-refractivity contribution in [1.82, 2.24) is 4.57 Å². The number of benzene rings is 2. The Morgan fingerprint density at radius 2 is 1.83 bits per heavy atom. The molecule has 7 nitrogen and oxygen atoms in total. The lowest BCUT2D eigenvalue weighted by Gasteiger charge is -2.08. The summed E-state index contributed by atoms with van der Waals surface area (Å²) in [6, 6.07) is 13.5. The molecule has 0 unspecified atom stereocenters. The summed E-state index contributed by atoms with van der Waals surface area (Å²) >= 11 is 0. The van der Waals surface area contributed by atoms with Crippen LogP contribution in [-0.4, -0.2) is 17.8 Å². The molecule has 0 bridgehead atoms. The van der Waals surface area contributed by atoms with Crippen molar-refractivity contribution >= 4 is 17.1 Å². The van der Waals surface area contributed by atoms with Crippen LogP contribution < -0.4 is 16.1 Å². The van der Waals surface area contributed by atoms with Crippen molar-refractivity contribution in [2.45, 2.75) is 6.54 Å². The van der Waals surface area contributed by atoms with Crippen molar-refractivity contribution in [3.8, 4) is 5.75 Å². The molecule has 0 fully saturated rings. The maximum Gasteiger partial charge on any atom is 0.513 e. The third-order valence-corrected chi connectivity index (χ3v) is 3.41. The van der Waals surface area contributed by atoms with Crippen molar-refractivity contribution < 1.29 is 18.7 Å². The molecule has 0 N–H and O–H groups in total. The number of hydrogen-bond donors (Lipinski definition) is 0. The molecule has 0 aliphatic rings. The molecule has 122 valence electrons. The van der Waals surface area contributed by atoms with Gasteiger partial charge in [0.05, 0.1) is 19.0 Å². The molecule has 0 radical (unpaired) electrons. The van der Waals surface area contributed by atoms with E-state index in [1.807, 2.05) is 18.2 Å². The molecular weight excluding hydrogens is 314 g/mol. The Bertz CT molecular complexity index is 1000. The Labute approximate surface area is 135 Å². The zero-order valence-corrected chi connectivity index (χ0v) is 12.7. The maximum atomic E-state index is 12.6. The molecular formula is C17H13NO6. The first-order valence-corrected chi connectivity index (χ1v) is 7.06. The van der Waals surface area contributed by atoms with Crippen molar-refractivity contribution in [1.29, 1.82) is 0 Å². The number of hydrogen-bond acceptors (Lipinski definition) is 6. The average Bonchev–Trinajstić information content (AvgIpc) is 2.60. The summed E-state index contributed by atoms with van der Waals surface area (Å²) in [5.74, 6) is -0.891. The number of carbonyl (C=O) groups excluding carboxylic acids is 1. The van der Waals surface area contributed by atoms with Crippen LogP contribution in [0.5, 0.6) is 5.75 Å². The topological polar surface area (TPSA) is 87.7 Å². The van der Waals surface area contributed by atoms with Gasteiger partial charge in [-0.1, -0.05) is 36.4 Å². The van der Waals surface area contributed by atoms with E-state index in [2.05, 4.69) is 4.74 Å². The number of aromatic nitrogens is 1. The van der Waals surface area contributed by atoms with E-state index in [0.29, 0.717) is 0 Å². The highest BCUT2D eigenvalue weighted by Crippen LogP contribution is 2.22. The van der Waals surface area contributed by atoms with Gasteiger partial charge in [-0.2, -0.15) is 0 Å². The highest BCUT2D eigenvalue weighted by atomic mass is 16.7. The molecule has 0 aliphatic heterocycles. The number of para-hydroxylation sites is 1. The summed E-state index contributed by atoms with van der Waals surface area (Å²) in [7, 11) is 1.15. The Morgan fingerprint density at radius 3 is 2.54 bits per heavy atom. The van der Waals surface area contributed by atoms with E-state index in [9.17, 15) is 14.4 Å². The largest absolute Gasteiger partial charge is 0.513 e. The standard InChI is InChI=1S/C17H13NO6/c1-22-17(21)23-13-9-5-8-12-14(13)24-16(20)18(15(12)19)10-11-6-3-2-4-7-11/h2-9H,10H2,1H3. The first kappa shape index (κ1) is 15.5. The molecule has 24 heavy (non-hydrogen) atoms. The van der Waals surface area contributed by atoms with Crippen molar-refractivity contribution in [3.63, 3.8) is 0 Å². The van der Waals surface area contributed by atoms with Crippen LogP contribution in [0.15, 0.2) is 62.5 Å². The molecule has 0 saturated carbocycles. The summed E-state index contributed by atoms with van der Waals surface area (Å²) in [5.41, 5.74) is 0.163. The van der Waals surface area contributed by atoms with Gasteiger partial charge in [0, 0.05) is 0 Å². The first-order valence-electron chi connectivity index (χ1n) is 7.06. The highest BCUT2D eigenvalue weighted by molar-refractivity contribution is 5.83. The third-order valence-electron chi connectivity index (χ3n) is 3.41. The molecule has 0 aliphatic carbocycles. The normalized spacial score (nSPS) is 10.5. The van der Waals surface area contributed by atoms with Crippen LogP contribution in [0.25, 0.3) is 11.0 Å². The van der Waals surface area contributed by atoms with Crippen LogP contribution in [0, 0.1) is 0 Å². The lowest BCUT2D eigenvalue weighted by molar-refractivity contribution is 0.121. The number of nitrogens with zero attached hydrogens (tertiary/aromatic N) is 1. The lowest BCUT2D eigenvalue weighted by atomic mass is 10.2. The van der Waals surface area contributed by atoms with Crippen molar-refractivity contribution in [2.24, 2.45) is 0 Å². The quantitative estimate of drug-likeness (QED) is 0.541. The second-order valence-corrected chi connectivity index (χ2v) is 4.93. The van der Waals surface area contributed by atoms with E-state index < -0.39 is 17.5 Å². The number of methoxy groups -OCH3 is 1. The van der Waals surface area contributed by atoms with E-state index in [1.165, 1.54) is 18.2 Å². The predicted octanol–water partition coefficient (Wildman–Crippen LogP) is 2.15. The van der Waals surface area contributed by atoms with Crippen LogP contribution >= 0.6 is 0 Å². The van der Waals surface area contributed by atoms with Crippen molar-refractivity contribution in [3.05, 3.63) is 75.0 Å². The number of rotatable bonds is 3. The minimum Gasteiger partial charge on any atom is -0.437 e. The minimum absolute atomic E-state index is 0.0552. The second kappa shape index (κ2) is 6.41. The fourth-order valence-corrected chi connectivity index (χ4v) is 2.27. The van der Waals surface area contributed by atoms with E-state index in [4.69, 9.17) is 9.15 Å². The monoisotopic (exact) mass is 327 g/mol. The highest BCUT2D eigenvalue weighted by Gasteiger charge is 2.16. The van der Waals surface area contributed by atoms with Crippen molar-refractivity contribution in [2.75, 3.05) is 7.11 Å². The van der Waals surface area contributed by atoms with Gasteiger partial charge >= 0.3 is 11.9 Å². The lowest BCUT2D eigenvalue weighted by Crippen LogP contribution is -2.33. The number of carbonyl (C=O) groups is 1. The van der Waals surface area contributed by atoms with Gasteiger partial charge < -0.3 is 13.9 Å². The number of ether oxygens (including phenoxy) is 2. The molecule has 0 saturated heterocycles. The Morgan fingerprint density at radius 1 is 1.08 bits per heavy atom. The molecule has 0 atom stereocenters. The second-order valence-electron chi connectivity index (χ2n) is 4.93. The van der Waals surface area contributed by atoms with Gasteiger partial charge in [-0.15, -0.1) is 0 Å². The first-order chi connectivity index (χ1) is 11.6. The van der Waals surface area contributed by atoms with Crippen LogP contribution in [-0.2, 0) is 11.3 Å². The van der Waals surface area contributed by atoms with Gasteiger partial charge in [-0.3, -0.25) is 4.79 Å². The Hall–Kier alpha value is -3.35. The Kier molecular flexibility index (Phi) is 4.15. The molecule has 0 amide bonds. The van der Waals surface area contributed by atoms with Gasteiger partial charge in [0.1, 0.15) is 0 Å². The molecule has 1 heterocycles. The van der Waals surface area contributed by atoms with Gasteiger partial charge in [-0.05, 0) is 17.7 Å². The van der Waals surface area contributed by atoms with Crippen LogP contribution in [0.4, 0.5) is 4.79 Å². The van der Waals surface area contributed by atoms with Gasteiger partial charge in [0.15, 0.2) is 11.3 Å². The van der Waals surface area contributed by atoms with E-state index in [-0.39, 0.29) is 23.3 Å². The molecule has 3 aromatic rings. The van der Waals surface area contributed by atoms with E-state index >= 15 is 0 Å². The van der Waals surface area contributed by atoms with Gasteiger partial charge in [0.25, 0.3) is 5.56 Å². The molecule has 3 rings (SSSR count). The average molecular weight is 327 g/mol. The summed E-state index contributed by atoms with van der Waals surface area (Å²) < 4.78 is 15.5. The van der Waals surface area contributed by atoms with Crippen LogP contribution in [0.2, 0.25) is 0 Å². The third kappa shape index (κ3) is 2.91. The number of fused-ring (bicyclic) bond motifs is 1. The zero-order valence-electron chi connectivity index (χ0n) is 12.7. The van der Waals surface area contributed by atoms with Gasteiger partial charge in [0.2, 0.25) is 0 Å². The molecule has 2 aromatic carbocycles. The predicted molar refractivity (Wildman–Crippen MR) is 85.3 cm³/mol. The fraction of sp³-hybridized carbons (Fsp3) is 0.118. The molecule has 1 aromatic heterocycles.